The minimum absolute atomic E-state index is 0.123. The second-order valence-corrected chi connectivity index (χ2v) is 6.32. The zero-order valence-corrected chi connectivity index (χ0v) is 12.7. The maximum Gasteiger partial charge on any atom is 0.270 e. The molecule has 1 aliphatic rings. The summed E-state index contributed by atoms with van der Waals surface area (Å²) in [4.78, 5) is 33.6. The first kappa shape index (κ1) is 16.3. The summed E-state index contributed by atoms with van der Waals surface area (Å²) in [5, 5.41) is 11.2. The van der Waals surface area contributed by atoms with E-state index in [1.54, 1.807) is 11.8 Å². The second kappa shape index (κ2) is 7.79. The summed E-state index contributed by atoms with van der Waals surface area (Å²) >= 11 is 1.59. The van der Waals surface area contributed by atoms with Gasteiger partial charge in [-0.15, -0.1) is 11.8 Å². The Morgan fingerprint density at radius 2 is 2.00 bits per heavy atom. The number of nitrogens with one attached hydrogen (secondary N) is 2. The smallest absolute Gasteiger partial charge is 0.270 e. The Hall–Kier alpha value is -2.09. The summed E-state index contributed by atoms with van der Waals surface area (Å²) in [7, 11) is 0. The number of non-ortho nitro benzene ring substituents is 1. The topological polar surface area (TPSA) is 101 Å². The highest BCUT2D eigenvalue weighted by atomic mass is 32.2. The molecule has 1 saturated carbocycles. The molecule has 1 aliphatic carbocycles. The van der Waals surface area contributed by atoms with E-state index in [-0.39, 0.29) is 17.2 Å². The van der Waals surface area contributed by atoms with E-state index in [0.29, 0.717) is 11.0 Å². The predicted molar refractivity (Wildman–Crippen MR) is 83.4 cm³/mol. The summed E-state index contributed by atoms with van der Waals surface area (Å²) < 4.78 is 0. The molecule has 2 rings (SSSR count). The first-order chi connectivity index (χ1) is 10.6. The molecule has 0 atom stereocenters. The van der Waals surface area contributed by atoms with Crippen LogP contribution in [-0.4, -0.2) is 27.7 Å². The minimum atomic E-state index is -0.581. The molecule has 0 saturated heterocycles. The van der Waals surface area contributed by atoms with E-state index >= 15 is 0 Å². The van der Waals surface area contributed by atoms with E-state index in [1.807, 2.05) is 0 Å². The molecule has 0 spiro atoms. The summed E-state index contributed by atoms with van der Waals surface area (Å²) in [5.41, 5.74) is 4.54. The molecule has 8 heteroatoms. The van der Waals surface area contributed by atoms with Gasteiger partial charge in [0.25, 0.3) is 11.6 Å². The summed E-state index contributed by atoms with van der Waals surface area (Å²) in [6, 6.07) is 5.33. The Balaban J connectivity index is 1.78. The van der Waals surface area contributed by atoms with Crippen LogP contribution in [0.1, 0.15) is 36.0 Å². The molecule has 1 fully saturated rings. The lowest BCUT2D eigenvalue weighted by molar-refractivity contribution is -0.384. The van der Waals surface area contributed by atoms with Crippen molar-refractivity contribution in [2.45, 2.75) is 30.9 Å². The predicted octanol–water partition coefficient (Wildman–Crippen LogP) is 2.03. The number of hydrogen-bond acceptors (Lipinski definition) is 5. The van der Waals surface area contributed by atoms with Gasteiger partial charge in [0, 0.05) is 22.9 Å². The van der Waals surface area contributed by atoms with Crippen LogP contribution in [0.5, 0.6) is 0 Å². The SMILES string of the molecule is O=C(CSC1CCCC1)NNC(=O)c1cccc([N+](=O)[O-])c1. The molecule has 7 nitrogen and oxygen atoms in total. The number of amides is 2. The molecular weight excluding hydrogens is 306 g/mol. The summed E-state index contributed by atoms with van der Waals surface area (Å²) in [6.07, 6.45) is 4.70. The highest BCUT2D eigenvalue weighted by molar-refractivity contribution is 8.00. The molecule has 0 heterocycles. The number of nitro groups is 1. The number of nitro benzene ring substituents is 1. The monoisotopic (exact) mass is 323 g/mol. The van der Waals surface area contributed by atoms with Crippen molar-refractivity contribution in [1.82, 2.24) is 10.9 Å². The normalized spacial score (nSPS) is 14.5. The van der Waals surface area contributed by atoms with Gasteiger partial charge in [-0.2, -0.15) is 0 Å². The van der Waals surface area contributed by atoms with Gasteiger partial charge in [-0.25, -0.2) is 0 Å². The van der Waals surface area contributed by atoms with Gasteiger partial charge in [0.15, 0.2) is 0 Å². The Labute approximate surface area is 132 Å². The maximum atomic E-state index is 11.8. The standard InChI is InChI=1S/C14H17N3O4S/c18-13(9-22-12-6-1-2-7-12)15-16-14(19)10-4-3-5-11(8-10)17(20)21/h3-5,8,12H,1-2,6-7,9H2,(H,15,18)(H,16,19). The third-order valence-electron chi connectivity index (χ3n) is 3.39. The number of hydrogen-bond donors (Lipinski definition) is 2. The number of rotatable bonds is 5. The quantitative estimate of drug-likeness (QED) is 0.638. The number of thioether (sulfide) groups is 1. The Morgan fingerprint density at radius 3 is 2.68 bits per heavy atom. The van der Waals surface area contributed by atoms with Crippen molar-refractivity contribution >= 4 is 29.3 Å². The van der Waals surface area contributed by atoms with Gasteiger partial charge >= 0.3 is 0 Å². The van der Waals surface area contributed by atoms with Gasteiger partial charge in [0.2, 0.25) is 5.91 Å². The number of hydrazine groups is 1. The van der Waals surface area contributed by atoms with Crippen molar-refractivity contribution in [1.29, 1.82) is 0 Å². The number of benzene rings is 1. The molecule has 0 aliphatic heterocycles. The van der Waals surface area contributed by atoms with Crippen LogP contribution in [0.4, 0.5) is 5.69 Å². The third kappa shape index (κ3) is 4.73. The van der Waals surface area contributed by atoms with E-state index in [9.17, 15) is 19.7 Å². The van der Waals surface area contributed by atoms with Gasteiger partial charge in [-0.1, -0.05) is 18.9 Å². The van der Waals surface area contributed by atoms with Crippen LogP contribution in [0, 0.1) is 10.1 Å². The van der Waals surface area contributed by atoms with Crippen molar-refractivity contribution in [3.8, 4) is 0 Å². The van der Waals surface area contributed by atoms with Gasteiger partial charge in [-0.3, -0.25) is 30.6 Å². The Bertz CT molecular complexity index is 573. The van der Waals surface area contributed by atoms with Crippen LogP contribution in [-0.2, 0) is 4.79 Å². The Kier molecular flexibility index (Phi) is 5.76. The fourth-order valence-electron chi connectivity index (χ4n) is 2.24. The lowest BCUT2D eigenvalue weighted by Crippen LogP contribution is -2.42. The lowest BCUT2D eigenvalue weighted by atomic mass is 10.2. The molecule has 2 amide bonds. The number of nitrogens with zero attached hydrogens (tertiary/aromatic N) is 1. The molecule has 0 aromatic heterocycles. The molecular formula is C14H17N3O4S. The summed E-state index contributed by atoms with van der Waals surface area (Å²) in [6.45, 7) is 0. The van der Waals surface area contributed by atoms with Crippen molar-refractivity contribution in [3.63, 3.8) is 0 Å². The first-order valence-electron chi connectivity index (χ1n) is 7.01. The zero-order valence-electron chi connectivity index (χ0n) is 11.9. The fraction of sp³-hybridized carbons (Fsp3) is 0.429. The number of carbonyl (C=O) groups is 2. The van der Waals surface area contributed by atoms with Crippen molar-refractivity contribution in [3.05, 3.63) is 39.9 Å². The van der Waals surface area contributed by atoms with Crippen molar-refractivity contribution in [2.75, 3.05) is 5.75 Å². The Morgan fingerprint density at radius 1 is 1.27 bits per heavy atom. The highest BCUT2D eigenvalue weighted by Crippen LogP contribution is 2.28. The minimum Gasteiger partial charge on any atom is -0.272 e. The van der Waals surface area contributed by atoms with E-state index < -0.39 is 10.8 Å². The molecule has 22 heavy (non-hydrogen) atoms. The van der Waals surface area contributed by atoms with E-state index in [2.05, 4.69) is 10.9 Å². The van der Waals surface area contributed by atoms with Crippen molar-refractivity contribution < 1.29 is 14.5 Å². The molecule has 0 unspecified atom stereocenters. The van der Waals surface area contributed by atoms with Crippen LogP contribution < -0.4 is 10.9 Å². The highest BCUT2D eigenvalue weighted by Gasteiger charge is 2.17. The van der Waals surface area contributed by atoms with E-state index in [4.69, 9.17) is 0 Å². The molecule has 1 aromatic carbocycles. The maximum absolute atomic E-state index is 11.8. The lowest BCUT2D eigenvalue weighted by Gasteiger charge is -2.10. The average Bonchev–Trinajstić information content (AvgIpc) is 3.04. The molecule has 2 N–H and O–H groups in total. The van der Waals surface area contributed by atoms with Crippen LogP contribution in [0.25, 0.3) is 0 Å². The fourth-order valence-corrected chi connectivity index (χ4v) is 3.37. The summed E-state index contributed by atoms with van der Waals surface area (Å²) in [5.74, 6) is -0.571. The molecule has 0 bridgehead atoms. The molecule has 118 valence electrons. The third-order valence-corrected chi connectivity index (χ3v) is 4.76. The van der Waals surface area contributed by atoms with Gasteiger partial charge in [0.1, 0.15) is 0 Å². The van der Waals surface area contributed by atoms with E-state index in [0.717, 1.165) is 18.9 Å². The van der Waals surface area contributed by atoms with Gasteiger partial charge in [0.05, 0.1) is 10.7 Å². The van der Waals surface area contributed by atoms with Gasteiger partial charge in [-0.05, 0) is 18.9 Å². The largest absolute Gasteiger partial charge is 0.272 e. The first-order valence-corrected chi connectivity index (χ1v) is 8.06. The second-order valence-electron chi connectivity index (χ2n) is 5.03. The van der Waals surface area contributed by atoms with Gasteiger partial charge < -0.3 is 0 Å². The van der Waals surface area contributed by atoms with E-state index in [1.165, 1.54) is 31.0 Å². The van der Waals surface area contributed by atoms with Crippen LogP contribution in [0.2, 0.25) is 0 Å². The zero-order chi connectivity index (χ0) is 15.9. The van der Waals surface area contributed by atoms with Crippen LogP contribution in [0.15, 0.2) is 24.3 Å². The molecule has 0 radical (unpaired) electrons. The van der Waals surface area contributed by atoms with Crippen LogP contribution >= 0.6 is 11.8 Å². The van der Waals surface area contributed by atoms with Crippen LogP contribution in [0.3, 0.4) is 0 Å². The van der Waals surface area contributed by atoms with Crippen molar-refractivity contribution in [2.24, 2.45) is 0 Å². The molecule has 1 aromatic rings. The average molecular weight is 323 g/mol. The number of carbonyl (C=O) groups excluding carboxylic acids is 2.